The van der Waals surface area contributed by atoms with Crippen LogP contribution in [0.3, 0.4) is 0 Å². The molecule has 0 fully saturated rings. The minimum Gasteiger partial charge on any atom is -0.495 e. The number of anilines is 2. The van der Waals surface area contributed by atoms with Gasteiger partial charge in [0.2, 0.25) is 0 Å². The van der Waals surface area contributed by atoms with Crippen molar-refractivity contribution in [1.82, 2.24) is 0 Å². The molecule has 1 atom stereocenters. The summed E-state index contributed by atoms with van der Waals surface area (Å²) in [4.78, 5) is 0. The van der Waals surface area contributed by atoms with Gasteiger partial charge in [0.15, 0.2) is 0 Å². The zero-order valence-corrected chi connectivity index (χ0v) is 10.9. The van der Waals surface area contributed by atoms with E-state index in [0.29, 0.717) is 18.0 Å². The smallest absolute Gasteiger partial charge is 0.143 e. The van der Waals surface area contributed by atoms with Gasteiger partial charge in [0.25, 0.3) is 0 Å². The molecule has 1 unspecified atom stereocenters. The van der Waals surface area contributed by atoms with Crippen LogP contribution in [-0.2, 0) is 0 Å². The highest BCUT2D eigenvalue weighted by Crippen LogP contribution is 2.25. The number of methoxy groups -OCH3 is 1. The number of ether oxygens (including phenoxy) is 1. The normalized spacial score (nSPS) is 12.1. The molecule has 2 rings (SSSR count). The molecule has 0 bridgehead atoms. The van der Waals surface area contributed by atoms with Crippen molar-refractivity contribution in [3.63, 3.8) is 0 Å². The topological polar surface area (TPSA) is 67.5 Å². The number of hydrogen-bond acceptors (Lipinski definition) is 5. The van der Waals surface area contributed by atoms with Crippen molar-refractivity contribution in [3.05, 3.63) is 40.6 Å². The molecule has 0 amide bonds. The zero-order chi connectivity index (χ0) is 13.0. The van der Waals surface area contributed by atoms with Gasteiger partial charge in [-0.05, 0) is 34.5 Å². The molecule has 0 aliphatic carbocycles. The van der Waals surface area contributed by atoms with Crippen molar-refractivity contribution in [1.29, 1.82) is 0 Å². The van der Waals surface area contributed by atoms with E-state index in [1.54, 1.807) is 24.5 Å². The van der Waals surface area contributed by atoms with Crippen molar-refractivity contribution in [2.75, 3.05) is 24.7 Å². The minimum absolute atomic E-state index is 0.448. The third-order valence-electron chi connectivity index (χ3n) is 2.66. The monoisotopic (exact) mass is 264 g/mol. The molecule has 4 nitrogen and oxygen atoms in total. The van der Waals surface area contributed by atoms with Crippen LogP contribution in [0, 0.1) is 0 Å². The van der Waals surface area contributed by atoms with Crippen LogP contribution in [0.1, 0.15) is 11.7 Å². The molecule has 96 valence electrons. The summed E-state index contributed by atoms with van der Waals surface area (Å²) in [7, 11) is 1.58. The van der Waals surface area contributed by atoms with Gasteiger partial charge in [-0.25, -0.2) is 0 Å². The lowest BCUT2D eigenvalue weighted by atomic mass is 10.2. The third-order valence-corrected chi connectivity index (χ3v) is 3.36. The van der Waals surface area contributed by atoms with Gasteiger partial charge in [-0.2, -0.15) is 11.3 Å². The minimum atomic E-state index is -0.514. The Hall–Kier alpha value is -1.72. The fraction of sp³-hybridized carbons (Fsp3) is 0.231. The van der Waals surface area contributed by atoms with Crippen molar-refractivity contribution in [2.45, 2.75) is 6.10 Å². The summed E-state index contributed by atoms with van der Waals surface area (Å²) in [6.45, 7) is 0.448. The zero-order valence-electron chi connectivity index (χ0n) is 10.1. The number of nitrogens with one attached hydrogen (secondary N) is 1. The Bertz CT molecular complexity index is 500. The van der Waals surface area contributed by atoms with E-state index in [0.717, 1.165) is 11.3 Å². The van der Waals surface area contributed by atoms with Crippen LogP contribution in [0.4, 0.5) is 11.4 Å². The highest BCUT2D eigenvalue weighted by molar-refractivity contribution is 7.07. The lowest BCUT2D eigenvalue weighted by Gasteiger charge is -2.13. The highest BCUT2D eigenvalue weighted by atomic mass is 32.1. The summed E-state index contributed by atoms with van der Waals surface area (Å²) in [5.74, 6) is 0.630. The molecule has 0 aliphatic rings. The summed E-state index contributed by atoms with van der Waals surface area (Å²) in [5, 5.41) is 17.0. The maximum atomic E-state index is 9.94. The number of thiophene rings is 1. The molecular formula is C13H16N2O2S. The Labute approximate surface area is 110 Å². The molecule has 0 saturated carbocycles. The van der Waals surface area contributed by atoms with E-state index in [4.69, 9.17) is 10.5 Å². The lowest BCUT2D eigenvalue weighted by Crippen LogP contribution is -2.11. The first-order valence-corrected chi connectivity index (χ1v) is 6.52. The van der Waals surface area contributed by atoms with Gasteiger partial charge in [0, 0.05) is 18.3 Å². The molecule has 5 heteroatoms. The quantitative estimate of drug-likeness (QED) is 0.726. The molecule has 1 aromatic heterocycles. The molecule has 2 aromatic rings. The molecule has 1 aromatic carbocycles. The van der Waals surface area contributed by atoms with E-state index in [9.17, 15) is 5.11 Å². The van der Waals surface area contributed by atoms with Crippen molar-refractivity contribution < 1.29 is 9.84 Å². The number of rotatable bonds is 5. The lowest BCUT2D eigenvalue weighted by molar-refractivity contribution is 0.192. The van der Waals surface area contributed by atoms with Crippen LogP contribution < -0.4 is 15.8 Å². The first kappa shape index (κ1) is 12.7. The number of benzene rings is 1. The van der Waals surface area contributed by atoms with Crippen molar-refractivity contribution in [3.8, 4) is 5.75 Å². The van der Waals surface area contributed by atoms with Gasteiger partial charge in [-0.1, -0.05) is 0 Å². The highest BCUT2D eigenvalue weighted by Gasteiger charge is 2.08. The Kier molecular flexibility index (Phi) is 4.07. The van der Waals surface area contributed by atoms with Gasteiger partial charge in [0.1, 0.15) is 5.75 Å². The first-order chi connectivity index (χ1) is 8.70. The van der Waals surface area contributed by atoms with E-state index in [2.05, 4.69) is 5.32 Å². The summed E-state index contributed by atoms with van der Waals surface area (Å²) in [5.41, 5.74) is 8.13. The average Bonchev–Trinajstić information content (AvgIpc) is 2.91. The van der Waals surface area contributed by atoms with Crippen LogP contribution in [0.2, 0.25) is 0 Å². The van der Waals surface area contributed by atoms with Crippen LogP contribution in [0.25, 0.3) is 0 Å². The fourth-order valence-electron chi connectivity index (χ4n) is 1.62. The largest absolute Gasteiger partial charge is 0.495 e. The Balaban J connectivity index is 1.98. The Morgan fingerprint density at radius 3 is 2.94 bits per heavy atom. The third kappa shape index (κ3) is 2.94. The SMILES string of the molecule is COc1cc(NCC(O)c2ccsc2)ccc1N. The maximum Gasteiger partial charge on any atom is 0.143 e. The number of nitrogen functional groups attached to an aromatic ring is 1. The van der Waals surface area contributed by atoms with E-state index < -0.39 is 6.10 Å². The van der Waals surface area contributed by atoms with Crippen molar-refractivity contribution in [2.24, 2.45) is 0 Å². The van der Waals surface area contributed by atoms with Gasteiger partial charge in [-0.15, -0.1) is 0 Å². The number of aliphatic hydroxyl groups excluding tert-OH is 1. The van der Waals surface area contributed by atoms with Gasteiger partial charge >= 0.3 is 0 Å². The second kappa shape index (κ2) is 5.75. The maximum absolute atomic E-state index is 9.94. The first-order valence-electron chi connectivity index (χ1n) is 5.58. The summed E-state index contributed by atoms with van der Waals surface area (Å²) < 4.78 is 5.14. The Morgan fingerprint density at radius 1 is 1.44 bits per heavy atom. The molecule has 18 heavy (non-hydrogen) atoms. The van der Waals surface area contributed by atoms with Gasteiger partial charge in [0.05, 0.1) is 18.9 Å². The molecule has 0 saturated heterocycles. The molecular weight excluding hydrogens is 248 g/mol. The van der Waals surface area contributed by atoms with Crippen LogP contribution in [-0.4, -0.2) is 18.8 Å². The average molecular weight is 264 g/mol. The molecule has 0 aliphatic heterocycles. The van der Waals surface area contributed by atoms with Gasteiger partial charge < -0.3 is 20.9 Å². The summed E-state index contributed by atoms with van der Waals surface area (Å²) in [6.07, 6.45) is -0.514. The Morgan fingerprint density at radius 2 is 2.28 bits per heavy atom. The van der Waals surface area contributed by atoms with E-state index in [1.807, 2.05) is 29.0 Å². The second-order valence-corrected chi connectivity index (χ2v) is 4.69. The van der Waals surface area contributed by atoms with E-state index in [-0.39, 0.29) is 0 Å². The molecule has 4 N–H and O–H groups in total. The van der Waals surface area contributed by atoms with Crippen LogP contribution in [0.5, 0.6) is 5.75 Å². The fourth-order valence-corrected chi connectivity index (χ4v) is 2.33. The number of aliphatic hydroxyl groups is 1. The van der Waals surface area contributed by atoms with Crippen LogP contribution >= 0.6 is 11.3 Å². The van der Waals surface area contributed by atoms with Crippen LogP contribution in [0.15, 0.2) is 35.0 Å². The predicted molar refractivity (Wildman–Crippen MR) is 75.2 cm³/mol. The standard InChI is InChI=1S/C13H16N2O2S/c1-17-13-6-10(2-3-11(13)14)15-7-12(16)9-4-5-18-8-9/h2-6,8,12,15-16H,7,14H2,1H3. The summed E-state index contributed by atoms with van der Waals surface area (Å²) in [6, 6.07) is 7.37. The van der Waals surface area contributed by atoms with E-state index in [1.165, 1.54) is 0 Å². The number of nitrogens with two attached hydrogens (primary N) is 1. The summed E-state index contributed by atoms with van der Waals surface area (Å²) >= 11 is 1.57. The van der Waals surface area contributed by atoms with Gasteiger partial charge in [-0.3, -0.25) is 0 Å². The second-order valence-electron chi connectivity index (χ2n) is 3.91. The molecule has 0 spiro atoms. The molecule has 0 radical (unpaired) electrons. The molecule has 1 heterocycles. The van der Waals surface area contributed by atoms with E-state index >= 15 is 0 Å². The number of hydrogen-bond donors (Lipinski definition) is 3. The van der Waals surface area contributed by atoms with Crippen molar-refractivity contribution >= 4 is 22.7 Å². The predicted octanol–water partition coefficient (Wildman–Crippen LogP) is 2.48.